The molecule has 0 radical (unpaired) electrons. The van der Waals surface area contributed by atoms with Crippen molar-refractivity contribution in [3.8, 4) is 23.1 Å². The van der Waals surface area contributed by atoms with Crippen molar-refractivity contribution >= 4 is 15.9 Å². The summed E-state index contributed by atoms with van der Waals surface area (Å²) in [4.78, 5) is 8.70. The van der Waals surface area contributed by atoms with Gasteiger partial charge in [0, 0.05) is 16.6 Å². The van der Waals surface area contributed by atoms with E-state index in [9.17, 15) is 0 Å². The normalized spacial score (nSPS) is 18.2. The first-order valence-corrected chi connectivity index (χ1v) is 8.31. The van der Waals surface area contributed by atoms with Crippen molar-refractivity contribution in [3.05, 3.63) is 35.1 Å². The summed E-state index contributed by atoms with van der Waals surface area (Å²) in [6, 6.07) is 8.08. The van der Waals surface area contributed by atoms with E-state index < -0.39 is 0 Å². The van der Waals surface area contributed by atoms with E-state index in [4.69, 9.17) is 4.52 Å². The van der Waals surface area contributed by atoms with Crippen molar-refractivity contribution in [1.29, 1.82) is 0 Å². The molecule has 1 unspecified atom stereocenters. The van der Waals surface area contributed by atoms with Crippen molar-refractivity contribution in [3.63, 3.8) is 0 Å². The minimum Gasteiger partial charge on any atom is -0.330 e. The highest BCUT2D eigenvalue weighted by atomic mass is 79.9. The molecule has 0 bridgehead atoms. The van der Waals surface area contributed by atoms with Crippen LogP contribution in [0.5, 0.6) is 0 Å². The third kappa shape index (κ3) is 3.04. The number of nitrogens with one attached hydrogen (secondary N) is 1. The average Bonchev–Trinajstić information content (AvgIpc) is 3.25. The van der Waals surface area contributed by atoms with Crippen LogP contribution in [-0.4, -0.2) is 38.0 Å². The first-order chi connectivity index (χ1) is 11.3. The molecule has 1 atom stereocenters. The van der Waals surface area contributed by atoms with E-state index in [1.165, 1.54) is 0 Å². The molecule has 3 aromatic rings. The summed E-state index contributed by atoms with van der Waals surface area (Å²) in [5.74, 6) is 1.32. The third-order valence-corrected chi connectivity index (χ3v) is 4.35. The van der Waals surface area contributed by atoms with Gasteiger partial charge < -0.3 is 9.84 Å². The van der Waals surface area contributed by atoms with Crippen LogP contribution in [0.1, 0.15) is 18.9 Å². The Labute approximate surface area is 141 Å². The van der Waals surface area contributed by atoms with E-state index in [2.05, 4.69) is 41.5 Å². The topological polar surface area (TPSA) is 81.7 Å². The predicted octanol–water partition coefficient (Wildman–Crippen LogP) is 2.68. The van der Waals surface area contributed by atoms with Gasteiger partial charge in [0.05, 0.1) is 6.04 Å². The van der Waals surface area contributed by atoms with Crippen molar-refractivity contribution in [2.24, 2.45) is 0 Å². The van der Waals surface area contributed by atoms with Gasteiger partial charge in [0.2, 0.25) is 11.6 Å². The lowest BCUT2D eigenvalue weighted by molar-refractivity contribution is 0.345. The highest BCUT2D eigenvalue weighted by Gasteiger charge is 2.19. The highest BCUT2D eigenvalue weighted by molar-refractivity contribution is 9.10. The zero-order chi connectivity index (χ0) is 15.6. The molecule has 1 saturated heterocycles. The van der Waals surface area contributed by atoms with Gasteiger partial charge in [-0.25, -0.2) is 9.67 Å². The molecule has 118 valence electrons. The zero-order valence-corrected chi connectivity index (χ0v) is 13.9. The Balaban J connectivity index is 1.58. The zero-order valence-electron chi connectivity index (χ0n) is 12.3. The molecule has 0 aliphatic carbocycles. The fourth-order valence-electron chi connectivity index (χ4n) is 2.67. The molecule has 1 fully saturated rings. The molecule has 8 heteroatoms. The molecule has 1 aliphatic heterocycles. The Morgan fingerprint density at radius 1 is 1.30 bits per heavy atom. The van der Waals surface area contributed by atoms with Gasteiger partial charge in [0.25, 0.3) is 5.89 Å². The van der Waals surface area contributed by atoms with Crippen molar-refractivity contribution in [2.45, 2.75) is 18.9 Å². The fourth-order valence-corrected chi connectivity index (χ4v) is 3.07. The molecule has 4 rings (SSSR count). The summed E-state index contributed by atoms with van der Waals surface area (Å²) in [6.07, 6.45) is 3.98. The van der Waals surface area contributed by atoms with Crippen LogP contribution in [0.25, 0.3) is 23.1 Å². The number of nitrogens with zero attached hydrogens (tertiary/aromatic N) is 5. The quantitative estimate of drug-likeness (QED) is 0.758. The monoisotopic (exact) mass is 374 g/mol. The van der Waals surface area contributed by atoms with Crippen LogP contribution in [0.4, 0.5) is 0 Å². The molecule has 1 aromatic carbocycles. The summed E-state index contributed by atoms with van der Waals surface area (Å²) in [6.45, 7) is 1.98. The van der Waals surface area contributed by atoms with Gasteiger partial charge in [-0.3, -0.25) is 0 Å². The molecule has 0 amide bonds. The number of hydrogen-bond donors (Lipinski definition) is 1. The number of halogens is 1. The minimum absolute atomic E-state index is 0.331. The van der Waals surface area contributed by atoms with Gasteiger partial charge in [-0.1, -0.05) is 33.2 Å². The Bertz CT molecular complexity index is 808. The van der Waals surface area contributed by atoms with Crippen LogP contribution >= 0.6 is 15.9 Å². The molecule has 1 N–H and O–H groups in total. The van der Waals surface area contributed by atoms with E-state index in [0.29, 0.717) is 23.6 Å². The SMILES string of the molecule is Brc1cccc(-c2noc(-c3ncn(C4CCCNC4)n3)n2)c1. The molecule has 23 heavy (non-hydrogen) atoms. The average molecular weight is 375 g/mol. The number of piperidine rings is 1. The van der Waals surface area contributed by atoms with Gasteiger partial charge in [0.1, 0.15) is 6.33 Å². The predicted molar refractivity (Wildman–Crippen MR) is 87.6 cm³/mol. The smallest absolute Gasteiger partial charge is 0.297 e. The maximum Gasteiger partial charge on any atom is 0.297 e. The molecule has 1 aliphatic rings. The lowest BCUT2D eigenvalue weighted by Gasteiger charge is -2.22. The van der Waals surface area contributed by atoms with Gasteiger partial charge in [-0.2, -0.15) is 4.98 Å². The molecule has 0 saturated carbocycles. The van der Waals surface area contributed by atoms with E-state index in [0.717, 1.165) is 36.0 Å². The summed E-state index contributed by atoms with van der Waals surface area (Å²) < 4.78 is 8.16. The Morgan fingerprint density at radius 2 is 2.26 bits per heavy atom. The number of hydrogen-bond acceptors (Lipinski definition) is 6. The van der Waals surface area contributed by atoms with Crippen LogP contribution in [0.2, 0.25) is 0 Å². The van der Waals surface area contributed by atoms with Gasteiger partial charge in [-0.15, -0.1) is 5.10 Å². The minimum atomic E-state index is 0.331. The van der Waals surface area contributed by atoms with Crippen LogP contribution < -0.4 is 5.32 Å². The van der Waals surface area contributed by atoms with Crippen molar-refractivity contribution < 1.29 is 4.52 Å². The second-order valence-corrected chi connectivity index (χ2v) is 6.40. The number of aromatic nitrogens is 5. The van der Waals surface area contributed by atoms with E-state index in [1.54, 1.807) is 6.33 Å². The van der Waals surface area contributed by atoms with E-state index in [1.807, 2.05) is 28.9 Å². The first-order valence-electron chi connectivity index (χ1n) is 7.51. The fraction of sp³-hybridized carbons (Fsp3) is 0.333. The van der Waals surface area contributed by atoms with Crippen molar-refractivity contribution in [1.82, 2.24) is 30.2 Å². The lowest BCUT2D eigenvalue weighted by Crippen LogP contribution is -2.31. The molecule has 0 spiro atoms. The summed E-state index contributed by atoms with van der Waals surface area (Å²) in [7, 11) is 0. The second-order valence-electron chi connectivity index (χ2n) is 5.48. The maximum atomic E-state index is 5.32. The standard InChI is InChI=1S/C15H15BrN6O/c16-11-4-1-3-10(7-11)13-19-15(23-21-13)14-18-9-22(20-14)12-5-2-6-17-8-12/h1,3-4,7,9,12,17H,2,5-6,8H2. The van der Waals surface area contributed by atoms with Crippen LogP contribution in [0, 0.1) is 0 Å². The Hall–Kier alpha value is -2.06. The summed E-state index contributed by atoms with van der Waals surface area (Å²) in [5.41, 5.74) is 0.880. The number of rotatable bonds is 3. The van der Waals surface area contributed by atoms with Gasteiger partial charge in [0.15, 0.2) is 0 Å². The molecule has 2 aromatic heterocycles. The lowest BCUT2D eigenvalue weighted by atomic mass is 10.1. The van der Waals surface area contributed by atoms with Gasteiger partial charge >= 0.3 is 0 Å². The van der Waals surface area contributed by atoms with Crippen LogP contribution in [0.3, 0.4) is 0 Å². The third-order valence-electron chi connectivity index (χ3n) is 3.85. The van der Waals surface area contributed by atoms with E-state index >= 15 is 0 Å². The van der Waals surface area contributed by atoms with Crippen LogP contribution in [-0.2, 0) is 0 Å². The van der Waals surface area contributed by atoms with Crippen molar-refractivity contribution in [2.75, 3.05) is 13.1 Å². The molecule has 7 nitrogen and oxygen atoms in total. The largest absolute Gasteiger partial charge is 0.330 e. The molecular weight excluding hydrogens is 360 g/mol. The molecule has 3 heterocycles. The Kier molecular flexibility index (Phi) is 3.92. The highest BCUT2D eigenvalue weighted by Crippen LogP contribution is 2.23. The summed E-state index contributed by atoms with van der Waals surface area (Å²) in [5, 5.41) is 11.9. The summed E-state index contributed by atoms with van der Waals surface area (Å²) >= 11 is 3.44. The number of benzene rings is 1. The van der Waals surface area contributed by atoms with E-state index in [-0.39, 0.29) is 0 Å². The molecular formula is C15H15BrN6O. The Morgan fingerprint density at radius 3 is 3.09 bits per heavy atom. The second kappa shape index (κ2) is 6.21. The van der Waals surface area contributed by atoms with Crippen LogP contribution in [0.15, 0.2) is 39.6 Å². The first kappa shape index (κ1) is 14.5. The van der Waals surface area contributed by atoms with Gasteiger partial charge in [-0.05, 0) is 31.5 Å². The maximum absolute atomic E-state index is 5.32.